The molecule has 0 aromatic heterocycles. The Morgan fingerprint density at radius 2 is 1.89 bits per heavy atom. The fraction of sp³-hybridized carbons (Fsp3) is 0.200. The van der Waals surface area contributed by atoms with E-state index >= 15 is 0 Å². The molecule has 0 saturated heterocycles. The van der Waals surface area contributed by atoms with Crippen molar-refractivity contribution in [1.29, 1.82) is 0 Å². The van der Waals surface area contributed by atoms with Crippen LogP contribution in [0.1, 0.15) is 22.7 Å². The average Bonchev–Trinajstić information content (AvgIpc) is 2.38. The van der Waals surface area contributed by atoms with E-state index in [1.807, 2.05) is 38.2 Å². The van der Waals surface area contributed by atoms with Crippen molar-refractivity contribution in [3.63, 3.8) is 0 Å². The maximum atomic E-state index is 14.0. The molecule has 1 atom stereocenters. The number of hydrogen-bond donors (Lipinski definition) is 1. The number of halogens is 3. The summed E-state index contributed by atoms with van der Waals surface area (Å²) in [5.74, 6) is -0.208. The van der Waals surface area contributed by atoms with Gasteiger partial charge in [-0.3, -0.25) is 0 Å². The van der Waals surface area contributed by atoms with Crippen LogP contribution in [-0.2, 0) is 0 Å². The van der Waals surface area contributed by atoms with Crippen molar-refractivity contribution in [3.05, 3.63) is 67.5 Å². The minimum Gasteiger partial charge on any atom is -0.309 e. The van der Waals surface area contributed by atoms with E-state index in [2.05, 4.69) is 27.9 Å². The number of hydrogen-bond acceptors (Lipinski definition) is 1. The monoisotopic (exact) mass is 389 g/mol. The van der Waals surface area contributed by atoms with Crippen LogP contribution < -0.4 is 5.32 Å². The predicted molar refractivity (Wildman–Crippen MR) is 86.2 cm³/mol. The van der Waals surface area contributed by atoms with Gasteiger partial charge in [0.2, 0.25) is 0 Å². The standard InChI is InChI=1S/C15H14ClFIN/c1-9-3-5-13(17)11(7-9)15(19-2)12-8-10(16)4-6-14(12)18/h3-8,15,19H,1-2H3. The smallest absolute Gasteiger partial charge is 0.128 e. The zero-order valence-corrected chi connectivity index (χ0v) is 13.6. The molecule has 0 fully saturated rings. The third-order valence-electron chi connectivity index (χ3n) is 3.02. The molecule has 0 spiro atoms. The van der Waals surface area contributed by atoms with Gasteiger partial charge in [0.15, 0.2) is 0 Å². The molecule has 0 aliphatic carbocycles. The highest BCUT2D eigenvalue weighted by atomic mass is 127. The van der Waals surface area contributed by atoms with E-state index in [0.29, 0.717) is 10.6 Å². The fourth-order valence-electron chi connectivity index (χ4n) is 2.10. The van der Waals surface area contributed by atoms with Crippen molar-refractivity contribution < 1.29 is 4.39 Å². The second-order valence-electron chi connectivity index (χ2n) is 4.41. The minimum atomic E-state index is -0.208. The van der Waals surface area contributed by atoms with E-state index in [-0.39, 0.29) is 11.9 Å². The van der Waals surface area contributed by atoms with E-state index in [4.69, 9.17) is 11.6 Å². The van der Waals surface area contributed by atoms with Gasteiger partial charge in [-0.1, -0.05) is 29.3 Å². The normalized spacial score (nSPS) is 12.5. The maximum Gasteiger partial charge on any atom is 0.128 e. The van der Waals surface area contributed by atoms with Gasteiger partial charge in [-0.05, 0) is 66.4 Å². The van der Waals surface area contributed by atoms with E-state index < -0.39 is 0 Å². The average molecular weight is 390 g/mol. The van der Waals surface area contributed by atoms with Gasteiger partial charge in [-0.25, -0.2) is 4.39 Å². The Balaban J connectivity index is 2.55. The van der Waals surface area contributed by atoms with E-state index in [9.17, 15) is 4.39 Å². The Hall–Kier alpha value is -0.650. The number of rotatable bonds is 3. The van der Waals surface area contributed by atoms with Crippen molar-refractivity contribution in [2.45, 2.75) is 13.0 Å². The van der Waals surface area contributed by atoms with Gasteiger partial charge < -0.3 is 5.32 Å². The minimum absolute atomic E-state index is 0.203. The van der Waals surface area contributed by atoms with Gasteiger partial charge >= 0.3 is 0 Å². The molecule has 0 saturated carbocycles. The summed E-state index contributed by atoms with van der Waals surface area (Å²) in [5.41, 5.74) is 2.66. The van der Waals surface area contributed by atoms with Crippen molar-refractivity contribution >= 4 is 34.2 Å². The SMILES string of the molecule is CNC(c1cc(C)ccc1F)c1cc(Cl)ccc1I. The molecule has 0 aliphatic rings. The first kappa shape index (κ1) is 14.8. The Morgan fingerprint density at radius 3 is 2.58 bits per heavy atom. The number of benzene rings is 2. The molecule has 0 bridgehead atoms. The molecule has 0 amide bonds. The van der Waals surface area contributed by atoms with Gasteiger partial charge in [0, 0.05) is 14.2 Å². The first-order valence-corrected chi connectivity index (χ1v) is 7.37. The summed E-state index contributed by atoms with van der Waals surface area (Å²) in [7, 11) is 1.82. The first-order chi connectivity index (χ1) is 9.02. The lowest BCUT2D eigenvalue weighted by Crippen LogP contribution is -2.20. The summed E-state index contributed by atoms with van der Waals surface area (Å²) in [5, 5.41) is 3.82. The highest BCUT2D eigenvalue weighted by Gasteiger charge is 2.19. The number of nitrogens with one attached hydrogen (secondary N) is 1. The molecule has 2 aromatic carbocycles. The molecule has 0 radical (unpaired) electrons. The van der Waals surface area contributed by atoms with Crippen LogP contribution in [0.4, 0.5) is 4.39 Å². The fourth-order valence-corrected chi connectivity index (χ4v) is 2.93. The third-order valence-corrected chi connectivity index (χ3v) is 4.24. The molecule has 19 heavy (non-hydrogen) atoms. The lowest BCUT2D eigenvalue weighted by atomic mass is 9.97. The Kier molecular flexibility index (Phi) is 4.81. The molecule has 1 unspecified atom stereocenters. The lowest BCUT2D eigenvalue weighted by Gasteiger charge is -2.20. The van der Waals surface area contributed by atoms with Crippen LogP contribution in [0.25, 0.3) is 0 Å². The highest BCUT2D eigenvalue weighted by Crippen LogP contribution is 2.30. The lowest BCUT2D eigenvalue weighted by molar-refractivity contribution is 0.574. The summed E-state index contributed by atoms with van der Waals surface area (Å²) in [4.78, 5) is 0. The summed E-state index contributed by atoms with van der Waals surface area (Å²) in [6.07, 6.45) is 0. The van der Waals surface area contributed by atoms with E-state index in [0.717, 1.165) is 14.7 Å². The Labute approximate surface area is 131 Å². The topological polar surface area (TPSA) is 12.0 Å². The van der Waals surface area contributed by atoms with Crippen LogP contribution in [0.2, 0.25) is 5.02 Å². The van der Waals surface area contributed by atoms with E-state index in [1.54, 1.807) is 6.07 Å². The van der Waals surface area contributed by atoms with Crippen molar-refractivity contribution in [1.82, 2.24) is 5.32 Å². The van der Waals surface area contributed by atoms with Crippen molar-refractivity contribution in [3.8, 4) is 0 Å². The molecule has 0 heterocycles. The molecule has 2 rings (SSSR count). The molecular weight excluding hydrogens is 376 g/mol. The largest absolute Gasteiger partial charge is 0.309 e. The second kappa shape index (κ2) is 6.20. The van der Waals surface area contributed by atoms with Crippen LogP contribution in [0.3, 0.4) is 0 Å². The summed E-state index contributed by atoms with van der Waals surface area (Å²) in [6, 6.07) is 10.6. The van der Waals surface area contributed by atoms with Gasteiger partial charge in [-0.2, -0.15) is 0 Å². The van der Waals surface area contributed by atoms with Crippen LogP contribution in [-0.4, -0.2) is 7.05 Å². The highest BCUT2D eigenvalue weighted by molar-refractivity contribution is 14.1. The summed E-state index contributed by atoms with van der Waals surface area (Å²) in [6.45, 7) is 1.96. The number of aryl methyl sites for hydroxylation is 1. The van der Waals surface area contributed by atoms with Crippen LogP contribution in [0.5, 0.6) is 0 Å². The van der Waals surface area contributed by atoms with E-state index in [1.165, 1.54) is 6.07 Å². The summed E-state index contributed by atoms with van der Waals surface area (Å²) < 4.78 is 15.1. The molecule has 0 aliphatic heterocycles. The van der Waals surface area contributed by atoms with Crippen LogP contribution >= 0.6 is 34.2 Å². The first-order valence-electron chi connectivity index (χ1n) is 5.91. The molecular formula is C15H14ClFIN. The van der Waals surface area contributed by atoms with Gasteiger partial charge in [-0.15, -0.1) is 0 Å². The predicted octanol–water partition coefficient (Wildman–Crippen LogP) is 4.70. The van der Waals surface area contributed by atoms with Gasteiger partial charge in [0.1, 0.15) is 5.82 Å². The van der Waals surface area contributed by atoms with Gasteiger partial charge in [0.05, 0.1) is 6.04 Å². The quantitative estimate of drug-likeness (QED) is 0.750. The third kappa shape index (κ3) is 3.27. The maximum absolute atomic E-state index is 14.0. The molecule has 4 heteroatoms. The molecule has 100 valence electrons. The van der Waals surface area contributed by atoms with Crippen molar-refractivity contribution in [2.75, 3.05) is 7.05 Å². The zero-order valence-electron chi connectivity index (χ0n) is 10.7. The molecule has 1 N–H and O–H groups in total. The second-order valence-corrected chi connectivity index (χ2v) is 6.01. The van der Waals surface area contributed by atoms with Crippen LogP contribution in [0, 0.1) is 16.3 Å². The van der Waals surface area contributed by atoms with Crippen LogP contribution in [0.15, 0.2) is 36.4 Å². The Morgan fingerprint density at radius 1 is 1.16 bits per heavy atom. The molecule has 1 nitrogen and oxygen atoms in total. The zero-order chi connectivity index (χ0) is 14.0. The van der Waals surface area contributed by atoms with Gasteiger partial charge in [0.25, 0.3) is 0 Å². The molecule has 2 aromatic rings. The summed E-state index contributed by atoms with van der Waals surface area (Å²) >= 11 is 8.29. The van der Waals surface area contributed by atoms with Crippen molar-refractivity contribution in [2.24, 2.45) is 0 Å². The Bertz CT molecular complexity index is 549.